The van der Waals surface area contributed by atoms with Gasteiger partial charge in [0.15, 0.2) is 0 Å². The standard InChI is InChI=1S/C42H66/c1-25-19-26(37(2,3)4)20-31(25)42(13,14)36-29-23-34-32(38(5,6)15-17-40(34,9)10)21-27(29)28-22-33-35(24-30(28)36)41(11,12)18-16-39(33,7)8/h21-31,36H,15-20H2,1-14H3. The van der Waals surface area contributed by atoms with E-state index in [0.717, 1.165) is 17.8 Å². The van der Waals surface area contributed by atoms with Gasteiger partial charge in [0, 0.05) is 0 Å². The topological polar surface area (TPSA) is 0 Å². The lowest BCUT2D eigenvalue weighted by atomic mass is 9.55. The lowest BCUT2D eigenvalue weighted by molar-refractivity contribution is 0.0480. The molecule has 0 bridgehead atoms. The van der Waals surface area contributed by atoms with Crippen LogP contribution >= 0.6 is 0 Å². The molecule has 0 aromatic heterocycles. The first kappa shape index (κ1) is 31.0. The van der Waals surface area contributed by atoms with E-state index in [-0.39, 0.29) is 21.7 Å². The number of hydrogen-bond donors (Lipinski definition) is 0. The Hall–Kier alpha value is -1.04. The van der Waals surface area contributed by atoms with E-state index in [1.165, 1.54) is 38.5 Å². The first-order valence-corrected chi connectivity index (χ1v) is 18.0. The van der Waals surface area contributed by atoms with E-state index in [4.69, 9.17) is 0 Å². The van der Waals surface area contributed by atoms with Gasteiger partial charge in [0.25, 0.3) is 0 Å². The average molecular weight is 571 g/mol. The van der Waals surface area contributed by atoms with E-state index in [9.17, 15) is 0 Å². The molecule has 4 saturated carbocycles. The maximum atomic E-state index is 2.91. The van der Waals surface area contributed by atoms with Crippen LogP contribution in [-0.4, -0.2) is 0 Å². The molecule has 0 spiro atoms. The third kappa shape index (κ3) is 4.56. The largest absolute Gasteiger partial charge is 0.0764 e. The second-order valence-corrected chi connectivity index (χ2v) is 20.6. The zero-order valence-electron chi connectivity index (χ0n) is 30.2. The number of fused-ring (bicyclic) bond motifs is 5. The van der Waals surface area contributed by atoms with Gasteiger partial charge >= 0.3 is 0 Å². The van der Waals surface area contributed by atoms with Gasteiger partial charge in [0.2, 0.25) is 0 Å². The second-order valence-electron chi connectivity index (χ2n) is 20.6. The zero-order valence-corrected chi connectivity index (χ0v) is 30.2. The molecule has 0 N–H and O–H groups in total. The molecule has 7 unspecified atom stereocenters. The molecule has 6 aliphatic carbocycles. The van der Waals surface area contributed by atoms with E-state index >= 15 is 0 Å². The molecular formula is C42H66. The van der Waals surface area contributed by atoms with E-state index in [1.807, 2.05) is 0 Å². The molecule has 4 fully saturated rings. The Bertz CT molecular complexity index is 1170. The van der Waals surface area contributed by atoms with Crippen molar-refractivity contribution in [3.05, 3.63) is 46.6 Å². The van der Waals surface area contributed by atoms with Gasteiger partial charge in [-0.1, -0.05) is 121 Å². The molecule has 0 radical (unpaired) electrons. The van der Waals surface area contributed by atoms with Gasteiger partial charge in [0.1, 0.15) is 0 Å². The highest BCUT2D eigenvalue weighted by Gasteiger charge is 2.60. The molecule has 0 aromatic rings. The van der Waals surface area contributed by atoms with Crippen LogP contribution in [0.3, 0.4) is 0 Å². The molecule has 0 nitrogen and oxygen atoms in total. The summed E-state index contributed by atoms with van der Waals surface area (Å²) in [5, 5.41) is 0. The van der Waals surface area contributed by atoms with E-state index in [2.05, 4.69) is 121 Å². The monoisotopic (exact) mass is 571 g/mol. The third-order valence-corrected chi connectivity index (χ3v) is 14.8. The third-order valence-electron chi connectivity index (χ3n) is 14.8. The van der Waals surface area contributed by atoms with Crippen molar-refractivity contribution >= 4 is 0 Å². The van der Waals surface area contributed by atoms with Crippen LogP contribution in [0.5, 0.6) is 0 Å². The molecule has 6 rings (SSSR count). The van der Waals surface area contributed by atoms with Crippen LogP contribution in [-0.2, 0) is 0 Å². The normalized spacial score (nSPS) is 41.4. The maximum Gasteiger partial charge on any atom is -0.00921 e. The van der Waals surface area contributed by atoms with Gasteiger partial charge in [0.05, 0.1) is 0 Å². The molecule has 0 saturated heterocycles. The molecule has 0 amide bonds. The SMILES string of the molecule is CC1CC(C(C)(C)C)CC1C(C)(C)C1C2C=C3C(=CC2C2C=C4C(=CC21)C(C)(C)CCC4(C)C)C(C)(C)CCC3(C)C. The first-order chi connectivity index (χ1) is 19.1. The second kappa shape index (κ2) is 9.25. The van der Waals surface area contributed by atoms with Gasteiger partial charge in [-0.2, -0.15) is 0 Å². The van der Waals surface area contributed by atoms with Crippen LogP contribution in [0.4, 0.5) is 0 Å². The van der Waals surface area contributed by atoms with E-state index in [1.54, 1.807) is 22.3 Å². The lowest BCUT2D eigenvalue weighted by Crippen LogP contribution is -2.42. The summed E-state index contributed by atoms with van der Waals surface area (Å²) in [7, 11) is 0. The minimum Gasteiger partial charge on any atom is -0.0764 e. The summed E-state index contributed by atoms with van der Waals surface area (Å²) in [6.07, 6.45) is 19.6. The number of rotatable bonds is 2. The van der Waals surface area contributed by atoms with Crippen LogP contribution in [0.25, 0.3) is 0 Å². The highest BCUT2D eigenvalue weighted by molar-refractivity contribution is 5.51. The fraction of sp³-hybridized carbons (Fsp3) is 0.810. The molecular weight excluding hydrogens is 504 g/mol. The summed E-state index contributed by atoms with van der Waals surface area (Å²) in [6.45, 7) is 35.9. The predicted molar refractivity (Wildman–Crippen MR) is 182 cm³/mol. The van der Waals surface area contributed by atoms with Gasteiger partial charge in [-0.3, -0.25) is 0 Å². The zero-order chi connectivity index (χ0) is 31.0. The van der Waals surface area contributed by atoms with Gasteiger partial charge < -0.3 is 0 Å². The van der Waals surface area contributed by atoms with Gasteiger partial charge in [-0.15, -0.1) is 0 Å². The Morgan fingerprint density at radius 1 is 0.524 bits per heavy atom. The minimum absolute atomic E-state index is 0.279. The summed E-state index contributed by atoms with van der Waals surface area (Å²) >= 11 is 0. The van der Waals surface area contributed by atoms with Crippen LogP contribution in [0.2, 0.25) is 0 Å². The Balaban J connectivity index is 1.52. The van der Waals surface area contributed by atoms with Crippen molar-refractivity contribution in [3.63, 3.8) is 0 Å². The highest BCUT2D eigenvalue weighted by atomic mass is 14.6. The number of allylic oxidation sites excluding steroid dienone is 8. The minimum atomic E-state index is 0.279. The van der Waals surface area contributed by atoms with Gasteiger partial charge in [-0.05, 0) is 141 Å². The summed E-state index contributed by atoms with van der Waals surface area (Å²) in [6, 6.07) is 0. The molecule has 0 heteroatoms. The highest BCUT2D eigenvalue weighted by Crippen LogP contribution is 2.68. The van der Waals surface area contributed by atoms with Crippen LogP contribution < -0.4 is 0 Å². The van der Waals surface area contributed by atoms with Crippen molar-refractivity contribution in [1.29, 1.82) is 0 Å². The molecule has 234 valence electrons. The van der Waals surface area contributed by atoms with Crippen molar-refractivity contribution in [3.8, 4) is 0 Å². The predicted octanol–water partition coefficient (Wildman–Crippen LogP) is 12.2. The van der Waals surface area contributed by atoms with Crippen molar-refractivity contribution in [2.24, 2.45) is 79.8 Å². The summed E-state index contributed by atoms with van der Waals surface area (Å²) in [5.41, 5.74) is 8.66. The van der Waals surface area contributed by atoms with Crippen LogP contribution in [0, 0.1) is 79.8 Å². The fourth-order valence-electron chi connectivity index (χ4n) is 11.6. The Morgan fingerprint density at radius 2 is 0.857 bits per heavy atom. The van der Waals surface area contributed by atoms with Gasteiger partial charge in [-0.25, -0.2) is 0 Å². The number of hydrogen-bond acceptors (Lipinski definition) is 0. The molecule has 6 aliphatic rings. The molecule has 42 heavy (non-hydrogen) atoms. The quantitative estimate of drug-likeness (QED) is 0.310. The van der Waals surface area contributed by atoms with Crippen LogP contribution in [0.15, 0.2) is 46.6 Å². The van der Waals surface area contributed by atoms with E-state index in [0.29, 0.717) is 40.4 Å². The summed E-state index contributed by atoms with van der Waals surface area (Å²) in [5.74, 6) is 5.68. The van der Waals surface area contributed by atoms with Crippen molar-refractivity contribution in [1.82, 2.24) is 0 Å². The summed E-state index contributed by atoms with van der Waals surface area (Å²) < 4.78 is 0. The first-order valence-electron chi connectivity index (χ1n) is 18.0. The lowest BCUT2D eigenvalue weighted by Gasteiger charge is -2.50. The fourth-order valence-corrected chi connectivity index (χ4v) is 11.6. The smallest absolute Gasteiger partial charge is 0.00921 e. The average Bonchev–Trinajstić information content (AvgIpc) is 3.42. The van der Waals surface area contributed by atoms with Crippen LogP contribution in [0.1, 0.15) is 135 Å². The molecule has 0 heterocycles. The summed E-state index contributed by atoms with van der Waals surface area (Å²) in [4.78, 5) is 0. The Kier molecular flexibility index (Phi) is 6.82. The molecule has 0 aliphatic heterocycles. The van der Waals surface area contributed by atoms with Crippen molar-refractivity contribution in [2.75, 3.05) is 0 Å². The Morgan fingerprint density at radius 3 is 1.17 bits per heavy atom. The molecule has 7 atom stereocenters. The Labute approximate surface area is 261 Å². The maximum absolute atomic E-state index is 2.91. The van der Waals surface area contributed by atoms with Crippen molar-refractivity contribution in [2.45, 2.75) is 135 Å². The van der Waals surface area contributed by atoms with E-state index < -0.39 is 0 Å². The molecule has 0 aromatic carbocycles. The van der Waals surface area contributed by atoms with Crippen molar-refractivity contribution < 1.29 is 0 Å².